The summed E-state index contributed by atoms with van der Waals surface area (Å²) in [4.78, 5) is 64.4. The van der Waals surface area contributed by atoms with Crippen LogP contribution in [0.1, 0.15) is 106 Å². The van der Waals surface area contributed by atoms with Crippen LogP contribution < -0.4 is 20.5 Å². The van der Waals surface area contributed by atoms with Crippen molar-refractivity contribution in [2.24, 2.45) is 34.8 Å². The fourth-order valence-electron chi connectivity index (χ4n) is 6.87. The van der Waals surface area contributed by atoms with Crippen molar-refractivity contribution < 1.29 is 57.5 Å². The summed E-state index contributed by atoms with van der Waals surface area (Å²) in [5.74, 6) is -1.58. The van der Waals surface area contributed by atoms with Gasteiger partial charge < -0.3 is 44.6 Å². The van der Waals surface area contributed by atoms with Gasteiger partial charge in [-0.15, -0.1) is 0 Å². The Balaban J connectivity index is 2.38. The molecule has 0 spiro atoms. The number of aliphatic carboxylic acids is 1. The maximum absolute atomic E-state index is 14.0. The molecule has 15 heteroatoms. The Morgan fingerprint density at radius 2 is 1.65 bits per heavy atom. The van der Waals surface area contributed by atoms with E-state index in [2.05, 4.69) is 19.2 Å². The van der Waals surface area contributed by atoms with E-state index in [4.69, 9.17) is 39.3 Å². The molecule has 3 amide bonds. The third-order valence-corrected chi connectivity index (χ3v) is 10.5. The summed E-state index contributed by atoms with van der Waals surface area (Å²) < 4.78 is 34.6. The van der Waals surface area contributed by atoms with Crippen molar-refractivity contribution in [3.05, 3.63) is 23.8 Å². The first kappa shape index (κ1) is 49.0. The average molecular weight is 808 g/mol. The molecule has 5 atom stereocenters. The Morgan fingerprint density at radius 3 is 2.23 bits per heavy atom. The number of carboxylic acid groups (broad SMARTS) is 1. The molecule has 1 saturated heterocycles. The number of hydrogen-bond donors (Lipinski definition) is 3. The highest BCUT2D eigenvalue weighted by Gasteiger charge is 2.44. The van der Waals surface area contributed by atoms with Gasteiger partial charge in [-0.1, -0.05) is 33.8 Å². The molecule has 0 bridgehead atoms. The number of esters is 1. The molecule has 1 heterocycles. The van der Waals surface area contributed by atoms with E-state index >= 15 is 0 Å². The largest absolute Gasteiger partial charge is 0.493 e. The van der Waals surface area contributed by atoms with Gasteiger partial charge in [0.05, 0.1) is 44.1 Å². The Bertz CT molecular complexity index is 1480. The minimum Gasteiger partial charge on any atom is -0.493 e. The van der Waals surface area contributed by atoms with Crippen LogP contribution in [0.15, 0.2) is 18.2 Å². The van der Waals surface area contributed by atoms with Gasteiger partial charge in [-0.3, -0.25) is 24.1 Å². The van der Waals surface area contributed by atoms with Crippen LogP contribution in [0.4, 0.5) is 4.79 Å². The van der Waals surface area contributed by atoms with Crippen LogP contribution in [0.25, 0.3) is 0 Å². The number of carboxylic acids is 1. The van der Waals surface area contributed by atoms with Crippen LogP contribution in [-0.4, -0.2) is 104 Å². The number of methoxy groups -OCH3 is 2. The molecule has 15 nitrogen and oxygen atoms in total. The first-order chi connectivity index (χ1) is 26.6. The predicted molar refractivity (Wildman–Crippen MR) is 214 cm³/mol. The van der Waals surface area contributed by atoms with Gasteiger partial charge in [0.1, 0.15) is 18.4 Å². The second-order valence-corrected chi connectivity index (χ2v) is 17.1. The quantitative estimate of drug-likeness (QED) is 0.0801. The minimum absolute atomic E-state index is 0.0532. The van der Waals surface area contributed by atoms with E-state index in [1.165, 1.54) is 0 Å². The van der Waals surface area contributed by atoms with E-state index in [1.54, 1.807) is 53.7 Å². The SMILES string of the molecule is COCCCOc1cc(C[C@@H](C[C@H]2[C@H](C[C@H](C(=O)NCC(C)(C)C(N)=O)C(C)C)OCN2C(=O)OC(C)CC(C)(C)OC(=O)CCC(=O)O)C(C)C)ccc1OC. The highest BCUT2D eigenvalue weighted by molar-refractivity contribution is 5.83. The molecule has 0 aromatic heterocycles. The topological polar surface area (TPSA) is 202 Å². The van der Waals surface area contributed by atoms with Crippen molar-refractivity contribution in [2.75, 3.05) is 40.7 Å². The molecule has 0 radical (unpaired) electrons. The summed E-state index contributed by atoms with van der Waals surface area (Å²) >= 11 is 0. The van der Waals surface area contributed by atoms with Crippen molar-refractivity contribution >= 4 is 29.8 Å². The van der Waals surface area contributed by atoms with Crippen LogP contribution in [0.3, 0.4) is 0 Å². The third-order valence-electron chi connectivity index (χ3n) is 10.5. The summed E-state index contributed by atoms with van der Waals surface area (Å²) in [6, 6.07) is 5.43. The lowest BCUT2D eigenvalue weighted by Gasteiger charge is -2.34. The highest BCUT2D eigenvalue weighted by atomic mass is 16.6. The molecule has 1 fully saturated rings. The summed E-state index contributed by atoms with van der Waals surface area (Å²) in [6.45, 7) is 17.7. The first-order valence-corrected chi connectivity index (χ1v) is 20.0. The molecule has 2 rings (SSSR count). The monoisotopic (exact) mass is 807 g/mol. The van der Waals surface area contributed by atoms with Crippen molar-refractivity contribution in [3.63, 3.8) is 0 Å². The minimum atomic E-state index is -1.10. The van der Waals surface area contributed by atoms with E-state index in [9.17, 15) is 24.0 Å². The number of hydrogen-bond acceptors (Lipinski definition) is 11. The van der Waals surface area contributed by atoms with Gasteiger partial charge in [0.25, 0.3) is 0 Å². The second kappa shape index (κ2) is 22.7. The molecule has 1 aromatic rings. The molecule has 1 aliphatic heterocycles. The number of nitrogens with zero attached hydrogens (tertiary/aromatic N) is 1. The molecule has 1 aliphatic rings. The number of carbonyl (C=O) groups is 5. The van der Waals surface area contributed by atoms with Gasteiger partial charge in [0.15, 0.2) is 11.5 Å². The van der Waals surface area contributed by atoms with E-state index in [0.29, 0.717) is 44.0 Å². The molecular weight excluding hydrogens is 738 g/mol. The van der Waals surface area contributed by atoms with E-state index in [0.717, 1.165) is 12.0 Å². The van der Waals surface area contributed by atoms with Gasteiger partial charge in [0, 0.05) is 39.0 Å². The van der Waals surface area contributed by atoms with Crippen LogP contribution >= 0.6 is 0 Å². The van der Waals surface area contributed by atoms with E-state index < -0.39 is 59.1 Å². The van der Waals surface area contributed by atoms with Crippen LogP contribution in [-0.2, 0) is 44.5 Å². The fourth-order valence-corrected chi connectivity index (χ4v) is 6.87. The Hall–Kier alpha value is -4.11. The number of rotatable bonds is 25. The molecule has 0 aliphatic carbocycles. The van der Waals surface area contributed by atoms with Crippen molar-refractivity contribution in [2.45, 2.75) is 131 Å². The van der Waals surface area contributed by atoms with Gasteiger partial charge >= 0.3 is 18.0 Å². The lowest BCUT2D eigenvalue weighted by Crippen LogP contribution is -2.47. The predicted octanol–water partition coefficient (Wildman–Crippen LogP) is 5.73. The molecule has 0 saturated carbocycles. The third kappa shape index (κ3) is 16.3. The van der Waals surface area contributed by atoms with Gasteiger partial charge in [0.2, 0.25) is 11.8 Å². The fraction of sp³-hybridized carbons (Fsp3) is 0.738. The Kier molecular flexibility index (Phi) is 19.6. The normalized spacial score (nSPS) is 17.5. The summed E-state index contributed by atoms with van der Waals surface area (Å²) in [6.07, 6.45) is -0.00201. The molecular formula is C42H69N3O12. The van der Waals surface area contributed by atoms with Crippen LogP contribution in [0.2, 0.25) is 0 Å². The number of carbonyl (C=O) groups excluding carboxylic acids is 4. The maximum Gasteiger partial charge on any atom is 0.412 e. The average Bonchev–Trinajstić information content (AvgIpc) is 3.51. The number of nitrogens with one attached hydrogen (secondary N) is 1. The van der Waals surface area contributed by atoms with Gasteiger partial charge in [-0.05, 0) is 89.3 Å². The summed E-state index contributed by atoms with van der Waals surface area (Å²) in [7, 11) is 3.25. The Labute approximate surface area is 338 Å². The zero-order valence-corrected chi connectivity index (χ0v) is 36.0. The molecule has 1 unspecified atom stereocenters. The van der Waals surface area contributed by atoms with Crippen molar-refractivity contribution in [3.8, 4) is 11.5 Å². The smallest absolute Gasteiger partial charge is 0.412 e. The first-order valence-electron chi connectivity index (χ1n) is 20.0. The molecule has 1 aromatic carbocycles. The number of benzene rings is 1. The second-order valence-electron chi connectivity index (χ2n) is 17.1. The lowest BCUT2D eigenvalue weighted by atomic mass is 9.80. The maximum atomic E-state index is 14.0. The zero-order chi connectivity index (χ0) is 43.1. The van der Waals surface area contributed by atoms with Crippen LogP contribution in [0.5, 0.6) is 11.5 Å². The number of primary amides is 1. The number of amides is 3. The van der Waals surface area contributed by atoms with Gasteiger partial charge in [-0.25, -0.2) is 4.79 Å². The van der Waals surface area contributed by atoms with Crippen LogP contribution in [0, 0.1) is 29.1 Å². The number of nitrogens with two attached hydrogens (primary N) is 1. The lowest BCUT2D eigenvalue weighted by molar-refractivity contribution is -0.160. The Morgan fingerprint density at radius 1 is 0.965 bits per heavy atom. The van der Waals surface area contributed by atoms with E-state index in [-0.39, 0.29) is 56.2 Å². The summed E-state index contributed by atoms with van der Waals surface area (Å²) in [5.41, 5.74) is 4.62. The number of ether oxygens (including phenoxy) is 6. The molecule has 57 heavy (non-hydrogen) atoms. The van der Waals surface area contributed by atoms with Crippen molar-refractivity contribution in [1.82, 2.24) is 10.2 Å². The standard InChI is InChI=1S/C42H69N3O12/c1-26(2)30(19-29-13-14-33(53-11)35(20-29)54-18-12-17-52-10)21-32-34(22-31(27(3)4)38(49)44-24-41(6,7)39(43)50)55-25-45(32)40(51)56-28(5)23-42(8,9)57-37(48)16-15-36(46)47/h13-14,20,26-28,30-32,34H,12,15-19,21-25H2,1-11H3,(H2,43,50)(H,44,49)(H,46,47)/t28?,30-,31-,32-,34-/m0/s1. The molecule has 4 N–H and O–H groups in total. The molecule has 324 valence electrons. The van der Waals surface area contributed by atoms with Crippen molar-refractivity contribution in [1.29, 1.82) is 0 Å². The van der Waals surface area contributed by atoms with E-state index in [1.807, 2.05) is 32.0 Å². The van der Waals surface area contributed by atoms with Gasteiger partial charge in [-0.2, -0.15) is 0 Å². The zero-order valence-electron chi connectivity index (χ0n) is 36.0. The summed E-state index contributed by atoms with van der Waals surface area (Å²) in [5, 5.41) is 11.8. The highest BCUT2D eigenvalue weighted by Crippen LogP contribution is 2.36.